The summed E-state index contributed by atoms with van der Waals surface area (Å²) < 4.78 is 37.5. The van der Waals surface area contributed by atoms with E-state index in [4.69, 9.17) is 28.4 Å². The Morgan fingerprint density at radius 2 is 1.56 bits per heavy atom. The first-order chi connectivity index (χ1) is 23.9. The minimum Gasteiger partial charge on any atom is -0.459 e. The van der Waals surface area contributed by atoms with Crippen molar-refractivity contribution in [3.63, 3.8) is 0 Å². The summed E-state index contributed by atoms with van der Waals surface area (Å²) in [4.78, 5) is 18.0. The Balaban J connectivity index is 2.17. The van der Waals surface area contributed by atoms with E-state index < -0.39 is 96.0 Å². The minimum atomic E-state index is -1.80. The molecule has 14 heteroatoms. The smallest absolute Gasteiger partial charge is 0.311 e. The first-order valence-corrected chi connectivity index (χ1v) is 19.1. The first-order valence-electron chi connectivity index (χ1n) is 19.1. The normalized spacial score (nSPS) is 49.6. The number of hydrogen-bond donors (Lipinski definition) is 5. The molecule has 3 rings (SSSR count). The molecular weight excluding hydrogens is 676 g/mol. The molecule has 0 saturated carbocycles. The number of ether oxygens (including phenoxy) is 6. The van der Waals surface area contributed by atoms with E-state index in [1.54, 1.807) is 41.5 Å². The fraction of sp³-hybridized carbons (Fsp3) is 0.974. The molecule has 0 bridgehead atoms. The number of esters is 1. The molecule has 0 aromatic rings. The van der Waals surface area contributed by atoms with Gasteiger partial charge in [0.2, 0.25) is 0 Å². The van der Waals surface area contributed by atoms with Gasteiger partial charge in [-0.3, -0.25) is 4.79 Å². The summed E-state index contributed by atoms with van der Waals surface area (Å²) in [5, 5.41) is 58.1. The number of aliphatic hydroxyl groups is 5. The molecule has 3 heterocycles. The number of carbonyl (C=O) groups is 1. The standard InChI is InChI=1S/C38H72N2O12/c1-15-27-38(10,46)31(42)24(6)40(13)19-20(2)17-36(8,45)33(52-35-29(41)26(39(11)12)16-21(3)48-35)22(4)30(23(5)34(44)50-27)51-28-18-37(9,47-14)32(43)25(7)49-28/h20-33,35,41-43,45-46H,15-19H2,1-14H3/t20?,21?,22?,23-,24-,25?,26?,27?,28?,29?,30?,31-,32?,33?,35?,36-,37?,38-/m1/s1. The van der Waals surface area contributed by atoms with Gasteiger partial charge in [0.1, 0.15) is 30.0 Å². The highest BCUT2D eigenvalue weighted by molar-refractivity contribution is 5.73. The van der Waals surface area contributed by atoms with E-state index in [-0.39, 0.29) is 37.3 Å². The van der Waals surface area contributed by atoms with E-state index in [2.05, 4.69) is 0 Å². The van der Waals surface area contributed by atoms with Crippen LogP contribution < -0.4 is 0 Å². The zero-order chi connectivity index (χ0) is 39.7. The Bertz CT molecular complexity index is 1140. The molecular formula is C38H72N2O12. The lowest BCUT2D eigenvalue weighted by atomic mass is 9.77. The molecule has 14 nitrogen and oxygen atoms in total. The van der Waals surface area contributed by atoms with Crippen LogP contribution in [0.3, 0.4) is 0 Å². The van der Waals surface area contributed by atoms with Gasteiger partial charge in [-0.2, -0.15) is 0 Å². The van der Waals surface area contributed by atoms with Crippen molar-refractivity contribution in [1.29, 1.82) is 0 Å². The largest absolute Gasteiger partial charge is 0.459 e. The zero-order valence-electron chi connectivity index (χ0n) is 34.2. The molecule has 3 fully saturated rings. The summed E-state index contributed by atoms with van der Waals surface area (Å²) in [6, 6.07) is -0.808. The number of likely N-dealkylation sites (N-methyl/N-ethyl adjacent to an activating group) is 2. The third-order valence-electron chi connectivity index (χ3n) is 12.2. The monoisotopic (exact) mass is 749 g/mol. The van der Waals surface area contributed by atoms with Crippen molar-refractivity contribution in [1.82, 2.24) is 9.80 Å². The Morgan fingerprint density at radius 3 is 2.12 bits per heavy atom. The molecule has 3 aliphatic rings. The predicted octanol–water partition coefficient (Wildman–Crippen LogP) is 1.90. The zero-order valence-corrected chi connectivity index (χ0v) is 34.2. The quantitative estimate of drug-likeness (QED) is 0.238. The Labute approximate surface area is 312 Å². The summed E-state index contributed by atoms with van der Waals surface area (Å²) in [6.45, 7) is 18.0. The third-order valence-corrected chi connectivity index (χ3v) is 12.2. The van der Waals surface area contributed by atoms with E-state index in [1.807, 2.05) is 51.7 Å². The highest BCUT2D eigenvalue weighted by Gasteiger charge is 2.52. The van der Waals surface area contributed by atoms with Gasteiger partial charge in [-0.05, 0) is 94.8 Å². The van der Waals surface area contributed by atoms with Gasteiger partial charge in [-0.25, -0.2) is 0 Å². The van der Waals surface area contributed by atoms with Crippen LogP contribution in [0, 0.1) is 17.8 Å². The average Bonchev–Trinajstić information content (AvgIpc) is 3.05. The molecule has 52 heavy (non-hydrogen) atoms. The SMILES string of the molecule is CCC1OC(=O)[C@H](C)C(OC2CC(C)(OC)C(O)C(C)O2)C(C)C(OC2OC(C)CC(N(C)C)C2O)[C@](C)(O)CC(C)CN(C)[C@H](C)[C@@H](O)[C@]1(C)O. The Hall–Kier alpha value is -1.01. The molecule has 3 saturated heterocycles. The van der Waals surface area contributed by atoms with Gasteiger partial charge < -0.3 is 63.8 Å². The van der Waals surface area contributed by atoms with Crippen molar-refractivity contribution < 1.29 is 58.7 Å². The molecule has 5 N–H and O–H groups in total. The van der Waals surface area contributed by atoms with Gasteiger partial charge in [0.25, 0.3) is 0 Å². The number of carbonyl (C=O) groups excluding carboxylic acids is 1. The van der Waals surface area contributed by atoms with Crippen LogP contribution in [0.2, 0.25) is 0 Å². The molecule has 0 aliphatic carbocycles. The van der Waals surface area contributed by atoms with Gasteiger partial charge in [0, 0.05) is 38.1 Å². The maximum Gasteiger partial charge on any atom is 0.311 e. The lowest BCUT2D eigenvalue weighted by molar-refractivity contribution is -0.318. The van der Waals surface area contributed by atoms with Crippen LogP contribution in [-0.2, 0) is 33.2 Å². The van der Waals surface area contributed by atoms with Gasteiger partial charge in [-0.1, -0.05) is 20.8 Å². The minimum absolute atomic E-state index is 0.133. The highest BCUT2D eigenvalue weighted by atomic mass is 16.7. The molecule has 0 spiro atoms. The van der Waals surface area contributed by atoms with E-state index >= 15 is 0 Å². The van der Waals surface area contributed by atoms with Crippen LogP contribution in [-0.4, -0.2) is 166 Å². The second-order valence-electron chi connectivity index (χ2n) is 17.2. The topological polar surface area (TPSA) is 180 Å². The van der Waals surface area contributed by atoms with E-state index in [0.29, 0.717) is 13.0 Å². The highest BCUT2D eigenvalue weighted by Crippen LogP contribution is 2.40. The van der Waals surface area contributed by atoms with Gasteiger partial charge >= 0.3 is 5.97 Å². The lowest BCUT2D eigenvalue weighted by Crippen LogP contribution is -2.60. The number of cyclic esters (lactones) is 1. The predicted molar refractivity (Wildman–Crippen MR) is 194 cm³/mol. The van der Waals surface area contributed by atoms with E-state index in [0.717, 1.165) is 0 Å². The van der Waals surface area contributed by atoms with Crippen molar-refractivity contribution in [3.8, 4) is 0 Å². The van der Waals surface area contributed by atoms with Gasteiger partial charge in [0.15, 0.2) is 12.6 Å². The number of methoxy groups -OCH3 is 1. The second kappa shape index (κ2) is 17.8. The maximum absolute atomic E-state index is 14.2. The van der Waals surface area contributed by atoms with Crippen LogP contribution in [0.5, 0.6) is 0 Å². The molecule has 13 unspecified atom stereocenters. The summed E-state index contributed by atoms with van der Waals surface area (Å²) in [7, 11) is 7.12. The van der Waals surface area contributed by atoms with Gasteiger partial charge in [-0.15, -0.1) is 0 Å². The summed E-state index contributed by atoms with van der Waals surface area (Å²) in [5.74, 6) is -2.58. The number of hydrogen-bond acceptors (Lipinski definition) is 14. The maximum atomic E-state index is 14.2. The van der Waals surface area contributed by atoms with Crippen LogP contribution in [0.1, 0.15) is 94.9 Å². The molecule has 3 aliphatic heterocycles. The summed E-state index contributed by atoms with van der Waals surface area (Å²) >= 11 is 0. The van der Waals surface area contributed by atoms with Crippen LogP contribution >= 0.6 is 0 Å². The first kappa shape index (κ1) is 45.4. The van der Waals surface area contributed by atoms with E-state index in [9.17, 15) is 30.3 Å². The fourth-order valence-electron chi connectivity index (χ4n) is 8.74. The summed E-state index contributed by atoms with van der Waals surface area (Å²) in [6.07, 6.45) is -8.19. The van der Waals surface area contributed by atoms with Gasteiger partial charge in [0.05, 0.1) is 41.5 Å². The van der Waals surface area contributed by atoms with Crippen molar-refractivity contribution in [2.45, 2.75) is 185 Å². The summed E-state index contributed by atoms with van der Waals surface area (Å²) in [5.41, 5.74) is -4.37. The van der Waals surface area contributed by atoms with Crippen LogP contribution in [0.4, 0.5) is 0 Å². The molecule has 0 aromatic heterocycles. The molecule has 18 atom stereocenters. The van der Waals surface area contributed by atoms with Crippen molar-refractivity contribution in [2.24, 2.45) is 17.8 Å². The Morgan fingerprint density at radius 1 is 0.942 bits per heavy atom. The lowest BCUT2D eigenvalue weighted by Gasteiger charge is -2.48. The Kier molecular flexibility index (Phi) is 15.6. The van der Waals surface area contributed by atoms with Crippen molar-refractivity contribution in [2.75, 3.05) is 34.8 Å². The van der Waals surface area contributed by atoms with Crippen molar-refractivity contribution >= 4 is 5.97 Å². The number of rotatable bonds is 7. The molecule has 0 radical (unpaired) electrons. The third kappa shape index (κ3) is 10.0. The molecule has 306 valence electrons. The number of aliphatic hydroxyl groups excluding tert-OH is 3. The second-order valence-corrected chi connectivity index (χ2v) is 17.2. The number of nitrogens with zero attached hydrogens (tertiary/aromatic N) is 2. The van der Waals surface area contributed by atoms with Crippen LogP contribution in [0.15, 0.2) is 0 Å². The molecule has 0 aromatic carbocycles. The fourth-order valence-corrected chi connectivity index (χ4v) is 8.74. The van der Waals surface area contributed by atoms with Crippen LogP contribution in [0.25, 0.3) is 0 Å². The van der Waals surface area contributed by atoms with Crippen molar-refractivity contribution in [3.05, 3.63) is 0 Å². The van der Waals surface area contributed by atoms with E-state index in [1.165, 1.54) is 14.0 Å². The average molecular weight is 749 g/mol. The molecule has 0 amide bonds.